The lowest BCUT2D eigenvalue weighted by Crippen LogP contribution is -2.50. The van der Waals surface area contributed by atoms with Crippen molar-refractivity contribution in [1.29, 1.82) is 0 Å². The number of carbonyl (C=O) groups is 1. The van der Waals surface area contributed by atoms with E-state index in [4.69, 9.17) is 4.74 Å². The average Bonchev–Trinajstić information content (AvgIpc) is 2.89. The molecule has 0 spiro atoms. The maximum absolute atomic E-state index is 15.3. The second kappa shape index (κ2) is 10.2. The second-order valence-electron chi connectivity index (χ2n) is 10.5. The first-order valence-corrected chi connectivity index (χ1v) is 12.9. The number of fused-ring (bicyclic) bond motifs is 1. The molecule has 10 heteroatoms. The zero-order valence-electron chi connectivity index (χ0n) is 22.2. The number of rotatable bonds is 6. The van der Waals surface area contributed by atoms with Crippen molar-refractivity contribution in [3.8, 4) is 17.0 Å². The lowest BCUT2D eigenvalue weighted by Gasteiger charge is -2.44. The van der Waals surface area contributed by atoms with Crippen LogP contribution in [-0.4, -0.2) is 40.6 Å². The van der Waals surface area contributed by atoms with Crippen LogP contribution >= 0.6 is 0 Å². The van der Waals surface area contributed by atoms with Crippen LogP contribution in [0.3, 0.4) is 0 Å². The van der Waals surface area contributed by atoms with Crippen LogP contribution in [0.5, 0.6) is 5.75 Å². The van der Waals surface area contributed by atoms with E-state index < -0.39 is 23.1 Å². The highest BCUT2D eigenvalue weighted by molar-refractivity contribution is 5.97. The summed E-state index contributed by atoms with van der Waals surface area (Å²) in [4.78, 5) is 22.0. The smallest absolute Gasteiger partial charge is 0.244 e. The molecule has 2 aliphatic heterocycles. The highest BCUT2D eigenvalue weighted by atomic mass is 19.1. The number of aromatic nitrogens is 2. The quantitative estimate of drug-likeness (QED) is 0.403. The van der Waals surface area contributed by atoms with Gasteiger partial charge in [0.15, 0.2) is 17.4 Å². The number of hydrogen-bond acceptors (Lipinski definition) is 6. The zero-order chi connectivity index (χ0) is 27.9. The lowest BCUT2D eigenvalue weighted by atomic mass is 9.99. The van der Waals surface area contributed by atoms with Gasteiger partial charge < -0.3 is 20.3 Å². The van der Waals surface area contributed by atoms with E-state index in [1.54, 1.807) is 18.2 Å². The van der Waals surface area contributed by atoms with Crippen molar-refractivity contribution < 1.29 is 22.7 Å². The SMILES string of the molecule is CCC(C)N1CC(C)(C)Oc2c(F)cc(-c3nc(Nc4ccc(C5=CC(=O)NCC5)c(F)c4)ncc3F)cc21. The van der Waals surface area contributed by atoms with Crippen LogP contribution in [0, 0.1) is 17.5 Å². The molecule has 5 rings (SSSR count). The van der Waals surface area contributed by atoms with Gasteiger partial charge in [0.05, 0.1) is 18.4 Å². The van der Waals surface area contributed by atoms with Crippen LogP contribution in [0.1, 0.15) is 46.1 Å². The summed E-state index contributed by atoms with van der Waals surface area (Å²) in [6.07, 6.45) is 3.73. The van der Waals surface area contributed by atoms with E-state index in [9.17, 15) is 13.6 Å². The van der Waals surface area contributed by atoms with Crippen LogP contribution in [0.4, 0.5) is 30.5 Å². The van der Waals surface area contributed by atoms with Gasteiger partial charge in [-0.05, 0) is 69.5 Å². The number of amides is 1. The number of nitrogens with zero attached hydrogens (tertiary/aromatic N) is 3. The molecule has 0 radical (unpaired) electrons. The molecular weight excluding hydrogens is 507 g/mol. The number of halogens is 3. The second-order valence-corrected chi connectivity index (χ2v) is 10.5. The van der Waals surface area contributed by atoms with Gasteiger partial charge in [0.25, 0.3) is 0 Å². The summed E-state index contributed by atoms with van der Waals surface area (Å²) in [5, 5.41) is 5.56. The Hall–Kier alpha value is -4.08. The molecule has 0 fully saturated rings. The monoisotopic (exact) mass is 537 g/mol. The Labute approximate surface area is 225 Å². The molecule has 0 bridgehead atoms. The molecule has 0 saturated carbocycles. The van der Waals surface area contributed by atoms with Gasteiger partial charge in [-0.1, -0.05) is 6.92 Å². The molecule has 1 aromatic heterocycles. The first-order valence-electron chi connectivity index (χ1n) is 12.9. The molecule has 7 nitrogen and oxygen atoms in total. The van der Waals surface area contributed by atoms with Crippen molar-refractivity contribution in [2.45, 2.75) is 52.2 Å². The molecule has 1 atom stereocenters. The number of nitrogens with one attached hydrogen (secondary N) is 2. The molecule has 3 aromatic rings. The van der Waals surface area contributed by atoms with Crippen molar-refractivity contribution >= 4 is 28.8 Å². The van der Waals surface area contributed by atoms with Gasteiger partial charge in [-0.2, -0.15) is 0 Å². The third kappa shape index (κ3) is 5.41. The average molecular weight is 538 g/mol. The van der Waals surface area contributed by atoms with E-state index in [0.717, 1.165) is 12.6 Å². The van der Waals surface area contributed by atoms with E-state index in [2.05, 4.69) is 25.5 Å². The highest BCUT2D eigenvalue weighted by Crippen LogP contribution is 2.43. The molecule has 1 unspecified atom stereocenters. The van der Waals surface area contributed by atoms with Crippen molar-refractivity contribution in [3.05, 3.63) is 65.6 Å². The zero-order valence-corrected chi connectivity index (χ0v) is 22.2. The minimum absolute atomic E-state index is 0.0177. The van der Waals surface area contributed by atoms with Gasteiger partial charge in [-0.15, -0.1) is 0 Å². The van der Waals surface area contributed by atoms with Crippen molar-refractivity contribution in [1.82, 2.24) is 15.3 Å². The van der Waals surface area contributed by atoms with E-state index in [1.807, 2.05) is 27.7 Å². The summed E-state index contributed by atoms with van der Waals surface area (Å²) in [7, 11) is 0. The van der Waals surface area contributed by atoms with E-state index in [1.165, 1.54) is 18.2 Å². The van der Waals surface area contributed by atoms with Crippen LogP contribution < -0.4 is 20.3 Å². The van der Waals surface area contributed by atoms with Crippen molar-refractivity contribution in [2.24, 2.45) is 0 Å². The molecular formula is C29H30F3N5O2. The highest BCUT2D eigenvalue weighted by Gasteiger charge is 2.36. The Morgan fingerprint density at radius 1 is 1.15 bits per heavy atom. The van der Waals surface area contributed by atoms with Crippen LogP contribution in [0.25, 0.3) is 16.8 Å². The number of carbonyl (C=O) groups excluding carboxylic acids is 1. The molecule has 1 amide bonds. The Morgan fingerprint density at radius 2 is 1.95 bits per heavy atom. The fourth-order valence-corrected chi connectivity index (χ4v) is 4.87. The summed E-state index contributed by atoms with van der Waals surface area (Å²) in [6.45, 7) is 8.89. The maximum Gasteiger partial charge on any atom is 0.244 e. The Morgan fingerprint density at radius 3 is 2.67 bits per heavy atom. The minimum atomic E-state index is -0.726. The fraction of sp³-hybridized carbons (Fsp3) is 0.345. The molecule has 2 aromatic carbocycles. The first kappa shape index (κ1) is 26.5. The number of ether oxygens (including phenoxy) is 1. The third-order valence-electron chi connectivity index (χ3n) is 6.97. The fourth-order valence-electron chi connectivity index (χ4n) is 4.87. The van der Waals surface area contributed by atoms with Crippen LogP contribution in [0.2, 0.25) is 0 Å². The van der Waals surface area contributed by atoms with Gasteiger partial charge in [0.1, 0.15) is 17.1 Å². The molecule has 0 saturated heterocycles. The van der Waals surface area contributed by atoms with E-state index in [-0.39, 0.29) is 34.9 Å². The third-order valence-corrected chi connectivity index (χ3v) is 6.97. The first-order chi connectivity index (χ1) is 18.5. The van der Waals surface area contributed by atoms with Gasteiger partial charge in [0.2, 0.25) is 11.9 Å². The summed E-state index contributed by atoms with van der Waals surface area (Å²) in [5.74, 6) is -1.97. The molecule has 2 N–H and O–H groups in total. The lowest BCUT2D eigenvalue weighted by molar-refractivity contribution is -0.116. The van der Waals surface area contributed by atoms with Gasteiger partial charge in [0, 0.05) is 35.5 Å². The predicted molar refractivity (Wildman–Crippen MR) is 144 cm³/mol. The molecule has 2 aliphatic rings. The van der Waals surface area contributed by atoms with Gasteiger partial charge in [-0.25, -0.2) is 23.1 Å². The number of hydrogen-bond donors (Lipinski definition) is 2. The molecule has 0 aliphatic carbocycles. The topological polar surface area (TPSA) is 79.4 Å². The van der Waals surface area contributed by atoms with Crippen LogP contribution in [-0.2, 0) is 4.79 Å². The molecule has 204 valence electrons. The molecule has 3 heterocycles. The van der Waals surface area contributed by atoms with Gasteiger partial charge in [-0.3, -0.25) is 4.79 Å². The van der Waals surface area contributed by atoms with Crippen molar-refractivity contribution in [2.75, 3.05) is 23.3 Å². The number of benzene rings is 2. The van der Waals surface area contributed by atoms with E-state index >= 15 is 4.39 Å². The van der Waals surface area contributed by atoms with Gasteiger partial charge >= 0.3 is 0 Å². The number of anilines is 3. The largest absolute Gasteiger partial charge is 0.481 e. The van der Waals surface area contributed by atoms with Crippen LogP contribution in [0.15, 0.2) is 42.6 Å². The Balaban J connectivity index is 1.47. The predicted octanol–water partition coefficient (Wildman–Crippen LogP) is 5.98. The Kier molecular flexibility index (Phi) is 6.96. The summed E-state index contributed by atoms with van der Waals surface area (Å²) in [6, 6.07) is 7.43. The summed E-state index contributed by atoms with van der Waals surface area (Å²) < 4.78 is 51.1. The standard InChI is InChI=1S/C29H30F3N5O2/c1-5-16(2)37-15-29(3,4)39-27-22(31)10-18(11-24(27)37)26-23(32)14-34-28(36-26)35-19-6-7-20(21(30)13-19)17-8-9-33-25(38)12-17/h6-7,10-14,16H,5,8-9,15H2,1-4H3,(H,33,38)(H,34,35,36). The minimum Gasteiger partial charge on any atom is -0.481 e. The molecule has 39 heavy (non-hydrogen) atoms. The van der Waals surface area contributed by atoms with E-state index in [0.29, 0.717) is 42.0 Å². The summed E-state index contributed by atoms with van der Waals surface area (Å²) >= 11 is 0. The summed E-state index contributed by atoms with van der Waals surface area (Å²) in [5.41, 5.74) is 1.35. The normalized spacial score (nSPS) is 17.1. The maximum atomic E-state index is 15.3. The van der Waals surface area contributed by atoms with Crippen molar-refractivity contribution in [3.63, 3.8) is 0 Å². The Bertz CT molecular complexity index is 1470.